The Kier molecular flexibility index (Phi) is 5.20. The molecule has 0 saturated heterocycles. The first-order valence-electron chi connectivity index (χ1n) is 6.31. The Morgan fingerprint density at radius 3 is 2.71 bits per heavy atom. The first-order chi connectivity index (χ1) is 10.0. The smallest absolute Gasteiger partial charge is 0.257 e. The molecule has 2 aromatic carbocycles. The molecule has 0 aliphatic rings. The summed E-state index contributed by atoms with van der Waals surface area (Å²) in [7, 11) is 0. The van der Waals surface area contributed by atoms with E-state index in [1.165, 1.54) is 6.07 Å². The standard InChI is InChI=1S/C15H13BrClFN2O/c1-2-19-13-6-4-3-5-10(13)15(21)20-14-11(16)7-9(18)8-12(14)17/h3-8,19H,2H2,1H3,(H,20,21). The molecule has 0 heterocycles. The second kappa shape index (κ2) is 6.91. The summed E-state index contributed by atoms with van der Waals surface area (Å²) in [5.41, 5.74) is 1.56. The quantitative estimate of drug-likeness (QED) is 0.800. The van der Waals surface area contributed by atoms with Gasteiger partial charge in [-0.15, -0.1) is 0 Å². The van der Waals surface area contributed by atoms with E-state index in [0.29, 0.717) is 22.3 Å². The minimum absolute atomic E-state index is 0.135. The van der Waals surface area contributed by atoms with Gasteiger partial charge in [-0.3, -0.25) is 4.79 Å². The predicted molar refractivity (Wildman–Crippen MR) is 87.7 cm³/mol. The Morgan fingerprint density at radius 1 is 1.33 bits per heavy atom. The number of amides is 1. The van der Waals surface area contributed by atoms with Gasteiger partial charge in [-0.25, -0.2) is 4.39 Å². The minimum Gasteiger partial charge on any atom is -0.385 e. The van der Waals surface area contributed by atoms with E-state index < -0.39 is 5.82 Å². The molecule has 2 rings (SSSR count). The summed E-state index contributed by atoms with van der Waals surface area (Å²) in [5.74, 6) is -0.793. The summed E-state index contributed by atoms with van der Waals surface area (Å²) in [6, 6.07) is 9.54. The van der Waals surface area contributed by atoms with Crippen LogP contribution < -0.4 is 10.6 Å². The van der Waals surface area contributed by atoms with Crippen molar-refractivity contribution in [3.8, 4) is 0 Å². The van der Waals surface area contributed by atoms with Crippen LogP contribution in [0.25, 0.3) is 0 Å². The third-order valence-electron chi connectivity index (χ3n) is 2.78. The molecule has 0 saturated carbocycles. The van der Waals surface area contributed by atoms with Gasteiger partial charge in [0, 0.05) is 16.7 Å². The van der Waals surface area contributed by atoms with E-state index >= 15 is 0 Å². The Bertz CT molecular complexity index is 655. The van der Waals surface area contributed by atoms with Crippen molar-refractivity contribution in [3.05, 3.63) is 57.3 Å². The normalized spacial score (nSPS) is 10.3. The molecule has 0 spiro atoms. The van der Waals surface area contributed by atoms with Crippen LogP contribution in [0.15, 0.2) is 40.9 Å². The van der Waals surface area contributed by atoms with Crippen LogP contribution in [0.3, 0.4) is 0 Å². The van der Waals surface area contributed by atoms with Crippen LogP contribution >= 0.6 is 27.5 Å². The number of rotatable bonds is 4. The van der Waals surface area contributed by atoms with Crippen molar-refractivity contribution in [2.24, 2.45) is 0 Å². The van der Waals surface area contributed by atoms with Gasteiger partial charge in [-0.2, -0.15) is 0 Å². The molecule has 21 heavy (non-hydrogen) atoms. The average Bonchev–Trinajstić information content (AvgIpc) is 2.43. The summed E-state index contributed by atoms with van der Waals surface area (Å²) < 4.78 is 13.6. The number of benzene rings is 2. The molecule has 110 valence electrons. The lowest BCUT2D eigenvalue weighted by Gasteiger charge is -2.13. The molecule has 0 atom stereocenters. The molecule has 0 radical (unpaired) electrons. The Labute approximate surface area is 135 Å². The van der Waals surface area contributed by atoms with Crippen LogP contribution in [0.5, 0.6) is 0 Å². The number of anilines is 2. The van der Waals surface area contributed by atoms with E-state index in [1.807, 2.05) is 19.1 Å². The average molecular weight is 372 g/mol. The number of carbonyl (C=O) groups is 1. The fourth-order valence-corrected chi connectivity index (χ4v) is 2.77. The third kappa shape index (κ3) is 3.74. The van der Waals surface area contributed by atoms with Gasteiger partial charge in [0.15, 0.2) is 0 Å². The zero-order chi connectivity index (χ0) is 15.4. The van der Waals surface area contributed by atoms with Crippen LogP contribution in [0.2, 0.25) is 5.02 Å². The van der Waals surface area contributed by atoms with E-state index in [4.69, 9.17) is 11.6 Å². The van der Waals surface area contributed by atoms with E-state index in [2.05, 4.69) is 26.6 Å². The van der Waals surface area contributed by atoms with Crippen molar-refractivity contribution in [1.82, 2.24) is 0 Å². The van der Waals surface area contributed by atoms with Crippen LogP contribution in [-0.2, 0) is 0 Å². The second-order valence-electron chi connectivity index (χ2n) is 4.27. The summed E-state index contributed by atoms with van der Waals surface area (Å²) in [6.45, 7) is 2.65. The van der Waals surface area contributed by atoms with Gasteiger partial charge in [0.1, 0.15) is 5.82 Å². The number of hydrogen-bond donors (Lipinski definition) is 2. The van der Waals surface area contributed by atoms with Crippen LogP contribution in [0.4, 0.5) is 15.8 Å². The summed E-state index contributed by atoms with van der Waals surface area (Å²) in [4.78, 5) is 12.4. The lowest BCUT2D eigenvalue weighted by molar-refractivity contribution is 0.102. The molecule has 2 N–H and O–H groups in total. The summed E-state index contributed by atoms with van der Waals surface area (Å²) in [6.07, 6.45) is 0. The minimum atomic E-state index is -0.474. The van der Waals surface area contributed by atoms with Gasteiger partial charge in [0.2, 0.25) is 0 Å². The van der Waals surface area contributed by atoms with Crippen LogP contribution in [-0.4, -0.2) is 12.5 Å². The Morgan fingerprint density at radius 2 is 2.05 bits per heavy atom. The maximum atomic E-state index is 13.2. The zero-order valence-corrected chi connectivity index (χ0v) is 13.6. The van der Waals surface area contributed by atoms with Crippen LogP contribution in [0.1, 0.15) is 17.3 Å². The highest BCUT2D eigenvalue weighted by Crippen LogP contribution is 2.32. The predicted octanol–water partition coefficient (Wildman–Crippen LogP) is 4.93. The summed E-state index contributed by atoms with van der Waals surface area (Å²) in [5, 5.41) is 5.95. The van der Waals surface area contributed by atoms with Crippen molar-refractivity contribution >= 4 is 44.8 Å². The fraction of sp³-hybridized carbons (Fsp3) is 0.133. The van der Waals surface area contributed by atoms with Gasteiger partial charge in [0.25, 0.3) is 5.91 Å². The Balaban J connectivity index is 2.31. The summed E-state index contributed by atoms with van der Waals surface area (Å²) >= 11 is 9.16. The highest BCUT2D eigenvalue weighted by Gasteiger charge is 2.15. The van der Waals surface area contributed by atoms with Crippen LogP contribution in [0, 0.1) is 5.82 Å². The van der Waals surface area contributed by atoms with Crippen molar-refractivity contribution in [3.63, 3.8) is 0 Å². The zero-order valence-electron chi connectivity index (χ0n) is 11.2. The molecule has 0 unspecified atom stereocenters. The first-order valence-corrected chi connectivity index (χ1v) is 7.48. The molecular formula is C15H13BrClFN2O. The SMILES string of the molecule is CCNc1ccccc1C(=O)Nc1c(Cl)cc(F)cc1Br. The molecule has 0 bridgehead atoms. The number of para-hydroxylation sites is 1. The lowest BCUT2D eigenvalue weighted by atomic mass is 10.1. The van der Waals surface area contributed by atoms with E-state index in [-0.39, 0.29) is 10.9 Å². The second-order valence-corrected chi connectivity index (χ2v) is 5.54. The number of nitrogens with one attached hydrogen (secondary N) is 2. The number of carbonyl (C=O) groups excluding carboxylic acids is 1. The van der Waals surface area contributed by atoms with E-state index in [0.717, 1.165) is 11.8 Å². The van der Waals surface area contributed by atoms with Gasteiger partial charge < -0.3 is 10.6 Å². The molecule has 0 aliphatic carbocycles. The van der Waals surface area contributed by atoms with Gasteiger partial charge in [-0.05, 0) is 47.1 Å². The molecule has 0 aliphatic heterocycles. The maximum Gasteiger partial charge on any atom is 0.257 e. The first kappa shape index (κ1) is 15.8. The topological polar surface area (TPSA) is 41.1 Å². The molecule has 3 nitrogen and oxygen atoms in total. The van der Waals surface area contributed by atoms with Crippen molar-refractivity contribution in [2.75, 3.05) is 17.2 Å². The van der Waals surface area contributed by atoms with Gasteiger partial charge in [-0.1, -0.05) is 23.7 Å². The molecule has 6 heteroatoms. The third-order valence-corrected chi connectivity index (χ3v) is 3.71. The monoisotopic (exact) mass is 370 g/mol. The lowest BCUT2D eigenvalue weighted by Crippen LogP contribution is -2.15. The van der Waals surface area contributed by atoms with Crippen molar-refractivity contribution < 1.29 is 9.18 Å². The van der Waals surface area contributed by atoms with Crippen molar-refractivity contribution in [1.29, 1.82) is 0 Å². The number of hydrogen-bond acceptors (Lipinski definition) is 2. The van der Waals surface area contributed by atoms with E-state index in [9.17, 15) is 9.18 Å². The largest absolute Gasteiger partial charge is 0.385 e. The van der Waals surface area contributed by atoms with Crippen molar-refractivity contribution in [2.45, 2.75) is 6.92 Å². The molecule has 0 aromatic heterocycles. The molecule has 2 aromatic rings. The van der Waals surface area contributed by atoms with Gasteiger partial charge >= 0.3 is 0 Å². The van der Waals surface area contributed by atoms with E-state index in [1.54, 1.807) is 12.1 Å². The molecule has 1 amide bonds. The Hall–Kier alpha value is -1.59. The highest BCUT2D eigenvalue weighted by atomic mass is 79.9. The fourth-order valence-electron chi connectivity index (χ4n) is 1.87. The highest BCUT2D eigenvalue weighted by molar-refractivity contribution is 9.10. The molecule has 0 fully saturated rings. The molecular weight excluding hydrogens is 359 g/mol. The van der Waals surface area contributed by atoms with Gasteiger partial charge in [0.05, 0.1) is 16.3 Å². The maximum absolute atomic E-state index is 13.2. The number of halogens is 3.